The zero-order valence-electron chi connectivity index (χ0n) is 20.8. The third-order valence-electron chi connectivity index (χ3n) is 7.41. The van der Waals surface area contributed by atoms with Crippen molar-refractivity contribution < 1.29 is 31.5 Å². The first kappa shape index (κ1) is 25.1. The van der Waals surface area contributed by atoms with E-state index in [-0.39, 0.29) is 35.8 Å². The van der Waals surface area contributed by atoms with Crippen molar-refractivity contribution in [1.29, 1.82) is 0 Å². The molecule has 3 heterocycles. The molecule has 1 aliphatic carbocycles. The number of carbonyl (C=O) groups excluding carboxylic acids is 1. The van der Waals surface area contributed by atoms with Crippen molar-refractivity contribution in [2.45, 2.75) is 44.4 Å². The molecule has 9 nitrogen and oxygen atoms in total. The SMILES string of the molecule is CS(=O)(=O)N1CCC(CNC(=O)c2ccc3c(c2)nc(C2CC2)n3Cc2cccc3c2OC(F)(F)O3)CC1. The molecule has 0 bridgehead atoms. The Balaban J connectivity index is 1.19. The summed E-state index contributed by atoms with van der Waals surface area (Å²) in [7, 11) is -3.19. The number of alkyl halides is 2. The van der Waals surface area contributed by atoms with Crippen molar-refractivity contribution >= 4 is 27.0 Å². The van der Waals surface area contributed by atoms with Crippen LogP contribution in [0.25, 0.3) is 11.0 Å². The van der Waals surface area contributed by atoms with Gasteiger partial charge in [-0.3, -0.25) is 4.79 Å². The van der Waals surface area contributed by atoms with Crippen LogP contribution in [0.15, 0.2) is 36.4 Å². The lowest BCUT2D eigenvalue weighted by atomic mass is 9.98. The number of benzene rings is 2. The molecule has 6 rings (SSSR count). The summed E-state index contributed by atoms with van der Waals surface area (Å²) in [4.78, 5) is 17.7. The van der Waals surface area contributed by atoms with Gasteiger partial charge in [-0.15, -0.1) is 8.78 Å². The summed E-state index contributed by atoms with van der Waals surface area (Å²) in [6, 6.07) is 10.2. The molecule has 2 fully saturated rings. The maximum atomic E-state index is 13.7. The fourth-order valence-corrected chi connectivity index (χ4v) is 6.09. The highest BCUT2D eigenvalue weighted by Gasteiger charge is 2.44. The number of carbonyl (C=O) groups is 1. The zero-order valence-corrected chi connectivity index (χ0v) is 21.6. The number of piperidine rings is 1. The maximum absolute atomic E-state index is 13.7. The highest BCUT2D eigenvalue weighted by molar-refractivity contribution is 7.88. The summed E-state index contributed by atoms with van der Waals surface area (Å²) in [5.41, 5.74) is 2.51. The van der Waals surface area contributed by atoms with E-state index in [1.165, 1.54) is 16.6 Å². The van der Waals surface area contributed by atoms with Crippen LogP contribution in [0.2, 0.25) is 0 Å². The van der Waals surface area contributed by atoms with E-state index in [4.69, 9.17) is 9.72 Å². The van der Waals surface area contributed by atoms with Gasteiger partial charge in [-0.1, -0.05) is 12.1 Å². The smallest absolute Gasteiger partial charge is 0.395 e. The van der Waals surface area contributed by atoms with Gasteiger partial charge in [0.2, 0.25) is 10.0 Å². The van der Waals surface area contributed by atoms with Crippen LogP contribution in [0.1, 0.15) is 53.3 Å². The Hall–Kier alpha value is -3.25. The van der Waals surface area contributed by atoms with Crippen molar-refractivity contribution in [2.75, 3.05) is 25.9 Å². The number of rotatable bonds is 7. The van der Waals surface area contributed by atoms with Crippen LogP contribution >= 0.6 is 0 Å². The van der Waals surface area contributed by atoms with Crippen molar-refractivity contribution in [3.63, 3.8) is 0 Å². The third kappa shape index (κ3) is 4.94. The molecule has 0 spiro atoms. The van der Waals surface area contributed by atoms with Crippen molar-refractivity contribution in [2.24, 2.45) is 5.92 Å². The number of halogens is 2. The van der Waals surface area contributed by atoms with E-state index < -0.39 is 16.3 Å². The first-order chi connectivity index (χ1) is 18.1. The van der Waals surface area contributed by atoms with Gasteiger partial charge in [0.1, 0.15) is 5.82 Å². The average Bonchev–Trinajstić information content (AvgIpc) is 3.58. The first-order valence-corrected chi connectivity index (χ1v) is 14.5. The fraction of sp³-hybridized carbons (Fsp3) is 0.462. The second-order valence-corrected chi connectivity index (χ2v) is 12.2. The van der Waals surface area contributed by atoms with Gasteiger partial charge in [0.05, 0.1) is 23.8 Å². The number of nitrogens with one attached hydrogen (secondary N) is 1. The monoisotopic (exact) mass is 546 g/mol. The van der Waals surface area contributed by atoms with Crippen molar-refractivity contribution in [1.82, 2.24) is 19.2 Å². The van der Waals surface area contributed by atoms with Gasteiger partial charge < -0.3 is 19.4 Å². The quantitative estimate of drug-likeness (QED) is 0.485. The normalized spacial score (nSPS) is 19.7. The van der Waals surface area contributed by atoms with E-state index >= 15 is 0 Å². The van der Waals surface area contributed by atoms with Crippen LogP contribution in [0, 0.1) is 5.92 Å². The Morgan fingerprint density at radius 3 is 2.61 bits per heavy atom. The molecule has 3 aliphatic rings. The van der Waals surface area contributed by atoms with E-state index in [0.717, 1.165) is 24.2 Å². The van der Waals surface area contributed by atoms with Gasteiger partial charge in [-0.05, 0) is 55.9 Å². The summed E-state index contributed by atoms with van der Waals surface area (Å²) in [5, 5.41) is 2.98. The average molecular weight is 547 g/mol. The number of sulfonamides is 1. The summed E-state index contributed by atoms with van der Waals surface area (Å²) < 4.78 is 63.7. The van der Waals surface area contributed by atoms with E-state index in [0.29, 0.717) is 49.1 Å². The number of amides is 1. The molecule has 1 saturated heterocycles. The predicted molar refractivity (Wildman–Crippen MR) is 135 cm³/mol. The second kappa shape index (κ2) is 9.19. The van der Waals surface area contributed by atoms with E-state index in [2.05, 4.69) is 10.1 Å². The highest BCUT2D eigenvalue weighted by Crippen LogP contribution is 2.45. The number of aromatic nitrogens is 2. The molecule has 2 aromatic carbocycles. The Bertz CT molecular complexity index is 1510. The molecule has 1 saturated carbocycles. The third-order valence-corrected chi connectivity index (χ3v) is 8.72. The Morgan fingerprint density at radius 2 is 1.89 bits per heavy atom. The number of fused-ring (bicyclic) bond motifs is 2. The molecule has 0 radical (unpaired) electrons. The predicted octanol–water partition coefficient (Wildman–Crippen LogP) is 3.68. The lowest BCUT2D eigenvalue weighted by Crippen LogP contribution is -2.41. The van der Waals surface area contributed by atoms with Crippen LogP contribution in [0.4, 0.5) is 8.78 Å². The lowest BCUT2D eigenvalue weighted by molar-refractivity contribution is -0.286. The molecular weight excluding hydrogens is 518 g/mol. The molecule has 1 aromatic heterocycles. The largest absolute Gasteiger partial charge is 0.586 e. The summed E-state index contributed by atoms with van der Waals surface area (Å²) in [6.07, 6.45) is 0.922. The zero-order chi connectivity index (χ0) is 26.7. The Labute approximate surface area is 218 Å². The standard InChI is InChI=1S/C26H28F2N4O5S/c1-38(34,35)31-11-9-16(10-12-31)14-29-25(33)18-7-8-21-20(13-18)30-24(17-5-6-17)32(21)15-19-3-2-4-22-23(19)37-26(27,28)36-22/h2-4,7-8,13,16-17H,5-6,9-12,14-15H2,1H3,(H,29,33). The van der Waals surface area contributed by atoms with E-state index in [1.807, 2.05) is 10.6 Å². The van der Waals surface area contributed by atoms with Crippen LogP contribution < -0.4 is 14.8 Å². The molecule has 0 unspecified atom stereocenters. The number of ether oxygens (including phenoxy) is 2. The fourth-order valence-electron chi connectivity index (χ4n) is 5.21. The van der Waals surface area contributed by atoms with Gasteiger partial charge in [-0.2, -0.15) is 0 Å². The molecule has 2 aliphatic heterocycles. The van der Waals surface area contributed by atoms with Gasteiger partial charge in [0.25, 0.3) is 5.91 Å². The van der Waals surface area contributed by atoms with Gasteiger partial charge in [0, 0.05) is 36.7 Å². The molecular formula is C26H28F2N4O5S. The van der Waals surface area contributed by atoms with Gasteiger partial charge >= 0.3 is 6.29 Å². The van der Waals surface area contributed by atoms with E-state index in [9.17, 15) is 22.0 Å². The lowest BCUT2D eigenvalue weighted by Gasteiger charge is -2.30. The maximum Gasteiger partial charge on any atom is 0.586 e. The van der Waals surface area contributed by atoms with Crippen LogP contribution in [-0.2, 0) is 16.6 Å². The van der Waals surface area contributed by atoms with Gasteiger partial charge in [-0.25, -0.2) is 17.7 Å². The summed E-state index contributed by atoms with van der Waals surface area (Å²) in [6.45, 7) is 1.68. The van der Waals surface area contributed by atoms with E-state index in [1.54, 1.807) is 24.3 Å². The van der Waals surface area contributed by atoms with Crippen molar-refractivity contribution in [3.8, 4) is 11.5 Å². The number of imidazole rings is 1. The minimum Gasteiger partial charge on any atom is -0.395 e. The minimum absolute atomic E-state index is 0.00541. The molecule has 12 heteroatoms. The van der Waals surface area contributed by atoms with Crippen LogP contribution in [-0.4, -0.2) is 60.4 Å². The summed E-state index contributed by atoms with van der Waals surface area (Å²) in [5.74, 6) is 1.18. The number of hydrogen-bond acceptors (Lipinski definition) is 6. The first-order valence-electron chi connectivity index (χ1n) is 12.7. The molecule has 38 heavy (non-hydrogen) atoms. The summed E-state index contributed by atoms with van der Waals surface area (Å²) >= 11 is 0. The molecule has 3 aromatic rings. The number of nitrogens with zero attached hydrogens (tertiary/aromatic N) is 3. The highest BCUT2D eigenvalue weighted by atomic mass is 32.2. The van der Waals surface area contributed by atoms with Crippen LogP contribution in [0.5, 0.6) is 11.5 Å². The van der Waals surface area contributed by atoms with Gasteiger partial charge in [0.15, 0.2) is 11.5 Å². The second-order valence-electron chi connectivity index (χ2n) is 10.3. The Morgan fingerprint density at radius 1 is 1.13 bits per heavy atom. The molecule has 1 amide bonds. The minimum atomic E-state index is -3.69. The van der Waals surface area contributed by atoms with Crippen molar-refractivity contribution in [3.05, 3.63) is 53.3 Å². The molecule has 0 atom stereocenters. The number of para-hydroxylation sites is 1. The number of hydrogen-bond donors (Lipinski definition) is 1. The topological polar surface area (TPSA) is 103 Å². The molecule has 202 valence electrons. The Kier molecular flexibility index (Phi) is 6.06. The van der Waals surface area contributed by atoms with Crippen LogP contribution in [0.3, 0.4) is 0 Å². The molecule has 1 N–H and O–H groups in total.